The Morgan fingerprint density at radius 2 is 2.00 bits per heavy atom. The molecule has 3 rings (SSSR count). The molecule has 0 aliphatic carbocycles. The third-order valence-corrected chi connectivity index (χ3v) is 5.26. The third-order valence-electron chi connectivity index (χ3n) is 5.26. The van der Waals surface area contributed by atoms with Crippen LogP contribution in [0.4, 0.5) is 13.2 Å². The molecule has 2 heterocycles. The molecule has 0 unspecified atom stereocenters. The molecule has 0 spiro atoms. The van der Waals surface area contributed by atoms with Crippen LogP contribution in [0.3, 0.4) is 0 Å². The second-order valence-corrected chi connectivity index (χ2v) is 7.82. The number of carbonyl (C=O) groups is 1. The highest BCUT2D eigenvalue weighted by Crippen LogP contribution is 2.33. The van der Waals surface area contributed by atoms with Gasteiger partial charge in [-0.1, -0.05) is 12.1 Å². The first-order valence-corrected chi connectivity index (χ1v) is 10.00. The van der Waals surface area contributed by atoms with E-state index in [1.165, 1.54) is 0 Å². The fraction of sp³-hybridized carbons (Fsp3) is 0.524. The van der Waals surface area contributed by atoms with E-state index in [4.69, 9.17) is 4.74 Å². The molecule has 0 saturated carbocycles. The van der Waals surface area contributed by atoms with Gasteiger partial charge in [-0.3, -0.25) is 14.4 Å². The summed E-state index contributed by atoms with van der Waals surface area (Å²) in [4.78, 5) is 14.8. The average Bonchev–Trinajstić information content (AvgIpc) is 3.16. The molecular weight excluding hydrogens is 397 g/mol. The van der Waals surface area contributed by atoms with Crippen molar-refractivity contribution < 1.29 is 22.7 Å². The number of hydrogen-bond donors (Lipinski definition) is 1. The molecule has 0 atom stereocenters. The highest BCUT2D eigenvalue weighted by Gasteiger charge is 2.41. The normalized spacial score (nSPS) is 16.1. The molecule has 0 bridgehead atoms. The molecular formula is C21H27F3N4O2. The third kappa shape index (κ3) is 5.13. The molecule has 1 fully saturated rings. The number of aromatic nitrogens is 2. The Morgan fingerprint density at radius 1 is 1.30 bits per heavy atom. The summed E-state index contributed by atoms with van der Waals surface area (Å²) < 4.78 is 46.6. The number of rotatable bonds is 6. The van der Waals surface area contributed by atoms with Crippen LogP contribution in [-0.4, -0.2) is 46.8 Å². The van der Waals surface area contributed by atoms with Crippen LogP contribution in [0, 0.1) is 0 Å². The average molecular weight is 424 g/mol. The quantitative estimate of drug-likeness (QED) is 0.765. The maximum atomic E-state index is 13.5. The van der Waals surface area contributed by atoms with Crippen molar-refractivity contribution in [1.82, 2.24) is 20.0 Å². The minimum absolute atomic E-state index is 0.164. The number of carbonyl (C=O) groups excluding carboxylic acids is 1. The minimum atomic E-state index is -4.65. The smallest absolute Gasteiger partial charge is 0.433 e. The van der Waals surface area contributed by atoms with E-state index in [1.807, 2.05) is 24.3 Å². The zero-order chi connectivity index (χ0) is 21.9. The highest BCUT2D eigenvalue weighted by molar-refractivity contribution is 5.95. The van der Waals surface area contributed by atoms with Crippen LogP contribution in [0.2, 0.25) is 0 Å². The standard InChI is InChI=1S/C21H27F3N4O2/c1-14(2)28-19(21(22,23)24)18(12-25-28)20(29)26-16-7-9-27(10-8-16)13-15-5-4-6-17(11-15)30-3/h4-6,11-12,14,16H,7-10,13H2,1-3H3,(H,26,29). The SMILES string of the molecule is COc1cccc(CN2CCC(NC(=O)c3cnn(C(C)C)c3C(F)(F)F)CC2)c1. The number of nitrogens with one attached hydrogen (secondary N) is 1. The maximum Gasteiger partial charge on any atom is 0.433 e. The zero-order valence-corrected chi connectivity index (χ0v) is 17.4. The fourth-order valence-corrected chi connectivity index (χ4v) is 3.73. The van der Waals surface area contributed by atoms with Gasteiger partial charge in [0, 0.05) is 31.7 Å². The van der Waals surface area contributed by atoms with E-state index in [1.54, 1.807) is 21.0 Å². The van der Waals surface area contributed by atoms with E-state index in [2.05, 4.69) is 15.3 Å². The Bertz CT molecular complexity index is 871. The van der Waals surface area contributed by atoms with Gasteiger partial charge >= 0.3 is 6.18 Å². The number of alkyl halides is 3. The summed E-state index contributed by atoms with van der Waals surface area (Å²) in [5.41, 5.74) is -0.284. The van der Waals surface area contributed by atoms with Gasteiger partial charge in [0.2, 0.25) is 0 Å². The predicted octanol–water partition coefficient (Wildman–Crippen LogP) is 3.89. The van der Waals surface area contributed by atoms with Crippen LogP contribution in [0.1, 0.15) is 54.3 Å². The number of hydrogen-bond acceptors (Lipinski definition) is 4. The Labute approximate surface area is 174 Å². The Morgan fingerprint density at radius 3 is 2.60 bits per heavy atom. The summed E-state index contributed by atoms with van der Waals surface area (Å²) in [6.45, 7) is 5.46. The Hall–Kier alpha value is -2.55. The van der Waals surface area contributed by atoms with Crippen molar-refractivity contribution in [2.24, 2.45) is 0 Å². The highest BCUT2D eigenvalue weighted by atomic mass is 19.4. The number of amides is 1. The molecule has 1 aliphatic heterocycles. The minimum Gasteiger partial charge on any atom is -0.497 e. The van der Waals surface area contributed by atoms with Crippen LogP contribution < -0.4 is 10.1 Å². The predicted molar refractivity (Wildman–Crippen MR) is 106 cm³/mol. The van der Waals surface area contributed by atoms with E-state index in [9.17, 15) is 18.0 Å². The van der Waals surface area contributed by atoms with Gasteiger partial charge < -0.3 is 10.1 Å². The van der Waals surface area contributed by atoms with E-state index in [0.717, 1.165) is 41.8 Å². The first-order chi connectivity index (χ1) is 14.2. The van der Waals surface area contributed by atoms with Gasteiger partial charge in [0.1, 0.15) is 5.75 Å². The molecule has 1 amide bonds. The van der Waals surface area contributed by atoms with Crippen molar-refractivity contribution in [1.29, 1.82) is 0 Å². The van der Waals surface area contributed by atoms with Crippen molar-refractivity contribution in [3.63, 3.8) is 0 Å². The number of likely N-dealkylation sites (tertiary alicyclic amines) is 1. The van der Waals surface area contributed by atoms with Crippen LogP contribution in [-0.2, 0) is 12.7 Å². The largest absolute Gasteiger partial charge is 0.497 e. The molecule has 164 valence electrons. The fourth-order valence-electron chi connectivity index (χ4n) is 3.73. The van der Waals surface area contributed by atoms with E-state index in [0.29, 0.717) is 12.8 Å². The second-order valence-electron chi connectivity index (χ2n) is 7.82. The Kier molecular flexibility index (Phi) is 6.70. The van der Waals surface area contributed by atoms with E-state index >= 15 is 0 Å². The lowest BCUT2D eigenvalue weighted by molar-refractivity contribution is -0.145. The number of nitrogens with zero attached hydrogens (tertiary/aromatic N) is 3. The first kappa shape index (κ1) is 22.1. The van der Waals surface area contributed by atoms with Crippen LogP contribution in [0.5, 0.6) is 5.75 Å². The van der Waals surface area contributed by atoms with Gasteiger partial charge in [0.25, 0.3) is 5.91 Å². The van der Waals surface area contributed by atoms with Gasteiger partial charge in [-0.15, -0.1) is 0 Å². The van der Waals surface area contributed by atoms with E-state index in [-0.39, 0.29) is 6.04 Å². The molecule has 30 heavy (non-hydrogen) atoms. The lowest BCUT2D eigenvalue weighted by Gasteiger charge is -2.32. The molecule has 1 N–H and O–H groups in total. The summed E-state index contributed by atoms with van der Waals surface area (Å²) >= 11 is 0. The molecule has 2 aromatic rings. The van der Waals surface area contributed by atoms with Gasteiger partial charge in [0.15, 0.2) is 5.69 Å². The molecule has 1 saturated heterocycles. The van der Waals surface area contributed by atoms with Gasteiger partial charge in [-0.25, -0.2) is 0 Å². The van der Waals surface area contributed by atoms with Crippen LogP contribution in [0.15, 0.2) is 30.5 Å². The van der Waals surface area contributed by atoms with Crippen LogP contribution in [0.25, 0.3) is 0 Å². The molecule has 1 aromatic carbocycles. The molecule has 6 nitrogen and oxygen atoms in total. The summed E-state index contributed by atoms with van der Waals surface area (Å²) in [7, 11) is 1.63. The Balaban J connectivity index is 1.59. The van der Waals surface area contributed by atoms with Gasteiger partial charge in [0.05, 0.1) is 18.9 Å². The lowest BCUT2D eigenvalue weighted by Crippen LogP contribution is -2.44. The van der Waals surface area contributed by atoms with Crippen molar-refractivity contribution in [3.8, 4) is 5.75 Å². The molecule has 0 radical (unpaired) electrons. The number of piperidine rings is 1. The summed E-state index contributed by atoms with van der Waals surface area (Å²) in [6.07, 6.45) is -2.28. The summed E-state index contributed by atoms with van der Waals surface area (Å²) in [5, 5.41) is 6.55. The zero-order valence-electron chi connectivity index (χ0n) is 17.4. The topological polar surface area (TPSA) is 59.4 Å². The van der Waals surface area contributed by atoms with Crippen molar-refractivity contribution >= 4 is 5.91 Å². The number of benzene rings is 1. The molecule has 1 aromatic heterocycles. The number of ether oxygens (including phenoxy) is 1. The molecule has 1 aliphatic rings. The van der Waals surface area contributed by atoms with Crippen molar-refractivity contribution in [2.75, 3.05) is 20.2 Å². The van der Waals surface area contributed by atoms with E-state index < -0.39 is 29.4 Å². The monoisotopic (exact) mass is 424 g/mol. The number of halogens is 3. The van der Waals surface area contributed by atoms with Gasteiger partial charge in [-0.05, 0) is 44.4 Å². The van der Waals surface area contributed by atoms with Crippen molar-refractivity contribution in [2.45, 2.75) is 51.5 Å². The van der Waals surface area contributed by atoms with Crippen LogP contribution >= 0.6 is 0 Å². The summed E-state index contributed by atoms with van der Waals surface area (Å²) in [5.74, 6) is 0.0810. The first-order valence-electron chi connectivity index (χ1n) is 10.00. The van der Waals surface area contributed by atoms with Gasteiger partial charge in [-0.2, -0.15) is 18.3 Å². The van der Waals surface area contributed by atoms with Crippen molar-refractivity contribution in [3.05, 3.63) is 47.3 Å². The second kappa shape index (κ2) is 9.07. The lowest BCUT2D eigenvalue weighted by atomic mass is 10.0. The number of methoxy groups -OCH3 is 1. The maximum absolute atomic E-state index is 13.5. The summed E-state index contributed by atoms with van der Waals surface area (Å²) in [6, 6.07) is 7.18. The molecule has 9 heteroatoms.